The van der Waals surface area contributed by atoms with Gasteiger partial charge in [0.15, 0.2) is 6.61 Å². The van der Waals surface area contributed by atoms with E-state index in [-0.39, 0.29) is 40.1 Å². The number of nitrogens with one attached hydrogen (secondary N) is 2. The number of hydrogen-bond acceptors (Lipinski definition) is 6. The second-order valence-corrected chi connectivity index (χ2v) is 10.4. The van der Waals surface area contributed by atoms with E-state index in [2.05, 4.69) is 17.0 Å². The third-order valence-corrected chi connectivity index (χ3v) is 7.60. The highest BCUT2D eigenvalue weighted by Gasteiger charge is 2.24. The fourth-order valence-corrected chi connectivity index (χ4v) is 5.40. The average Bonchev–Trinajstić information content (AvgIpc) is 3.26. The molecule has 172 valence electrons. The third-order valence-electron chi connectivity index (χ3n) is 5.70. The van der Waals surface area contributed by atoms with E-state index < -0.39 is 22.6 Å². The van der Waals surface area contributed by atoms with Crippen LogP contribution in [0, 0.1) is 5.92 Å². The number of esters is 1. The number of halogens is 1. The third kappa shape index (κ3) is 6.90. The summed E-state index contributed by atoms with van der Waals surface area (Å²) in [5.74, 6) is -0.492. The summed E-state index contributed by atoms with van der Waals surface area (Å²) in [6.45, 7) is 2.51. The summed E-state index contributed by atoms with van der Waals surface area (Å²) in [4.78, 5) is 24.2. The van der Waals surface area contributed by atoms with Crippen molar-refractivity contribution in [2.75, 3.05) is 19.8 Å². The van der Waals surface area contributed by atoms with E-state index in [0.717, 1.165) is 44.6 Å². The highest BCUT2D eigenvalue weighted by Crippen LogP contribution is 2.24. The first-order valence-corrected chi connectivity index (χ1v) is 12.5. The quantitative estimate of drug-likeness (QED) is 0.563. The van der Waals surface area contributed by atoms with Gasteiger partial charge in [0.25, 0.3) is 5.91 Å². The molecule has 1 amide bonds. The summed E-state index contributed by atoms with van der Waals surface area (Å²) in [6.07, 6.45) is 5.46. The van der Waals surface area contributed by atoms with E-state index in [1.54, 1.807) is 0 Å². The van der Waals surface area contributed by atoms with E-state index >= 15 is 0 Å². The number of ether oxygens (including phenoxy) is 2. The zero-order valence-corrected chi connectivity index (χ0v) is 19.1. The second-order valence-electron chi connectivity index (χ2n) is 8.23. The molecule has 10 heteroatoms. The van der Waals surface area contributed by atoms with Crippen LogP contribution in [-0.4, -0.2) is 52.2 Å². The van der Waals surface area contributed by atoms with Crippen LogP contribution in [-0.2, 0) is 24.3 Å². The molecule has 1 aromatic rings. The molecule has 1 aliphatic carbocycles. The van der Waals surface area contributed by atoms with Crippen LogP contribution in [0.1, 0.15) is 55.8 Å². The van der Waals surface area contributed by atoms with Crippen molar-refractivity contribution in [3.8, 4) is 0 Å². The summed E-state index contributed by atoms with van der Waals surface area (Å²) in [7, 11) is -3.94. The van der Waals surface area contributed by atoms with Gasteiger partial charge in [0.05, 0.1) is 16.7 Å². The number of amides is 1. The maximum atomic E-state index is 12.6. The van der Waals surface area contributed by atoms with E-state index in [4.69, 9.17) is 21.1 Å². The molecule has 1 aliphatic heterocycles. The molecule has 1 atom stereocenters. The fourth-order valence-electron chi connectivity index (χ4n) is 3.81. The summed E-state index contributed by atoms with van der Waals surface area (Å²) in [6, 6.07) is 3.94. The van der Waals surface area contributed by atoms with Gasteiger partial charge in [-0.2, -0.15) is 0 Å². The molecule has 0 bridgehead atoms. The largest absolute Gasteiger partial charge is 0.452 e. The molecule has 2 aliphatic rings. The molecule has 0 radical (unpaired) electrons. The molecule has 31 heavy (non-hydrogen) atoms. The van der Waals surface area contributed by atoms with Crippen LogP contribution in [0.5, 0.6) is 0 Å². The lowest BCUT2D eigenvalue weighted by Gasteiger charge is -2.26. The standard InChI is InChI=1S/C21H29ClN2O6S/c1-14-4-7-16(8-5-14)24-20(25)13-30-21(26)15-6-9-18(22)19(11-15)31(27,28)23-12-17-3-2-10-29-17/h6,9,11,14,16-17,23H,2-5,7-8,10,12-13H2,1H3,(H,24,25). The lowest BCUT2D eigenvalue weighted by atomic mass is 9.87. The number of rotatable bonds is 8. The predicted molar refractivity (Wildman–Crippen MR) is 115 cm³/mol. The van der Waals surface area contributed by atoms with Gasteiger partial charge in [0, 0.05) is 19.2 Å². The maximum Gasteiger partial charge on any atom is 0.338 e. The van der Waals surface area contributed by atoms with Gasteiger partial charge >= 0.3 is 5.97 Å². The second kappa shape index (κ2) is 10.8. The molecule has 3 rings (SSSR count). The van der Waals surface area contributed by atoms with E-state index in [9.17, 15) is 18.0 Å². The van der Waals surface area contributed by atoms with Crippen LogP contribution in [0.3, 0.4) is 0 Å². The highest BCUT2D eigenvalue weighted by atomic mass is 35.5. The zero-order chi connectivity index (χ0) is 22.4. The fraction of sp³-hybridized carbons (Fsp3) is 0.619. The normalized spacial score (nSPS) is 24.0. The number of carbonyl (C=O) groups is 2. The Bertz CT molecular complexity index is 893. The molecule has 1 saturated carbocycles. The van der Waals surface area contributed by atoms with Crippen molar-refractivity contribution in [2.45, 2.75) is 62.5 Å². The summed E-state index contributed by atoms with van der Waals surface area (Å²) >= 11 is 6.06. The lowest BCUT2D eigenvalue weighted by molar-refractivity contribution is -0.125. The molecule has 2 N–H and O–H groups in total. The minimum Gasteiger partial charge on any atom is -0.452 e. The molecular formula is C21H29ClN2O6S. The van der Waals surface area contributed by atoms with Crippen molar-refractivity contribution in [3.63, 3.8) is 0 Å². The smallest absolute Gasteiger partial charge is 0.338 e. The van der Waals surface area contributed by atoms with Crippen molar-refractivity contribution in [2.24, 2.45) is 5.92 Å². The molecular weight excluding hydrogens is 444 g/mol. The first-order chi connectivity index (χ1) is 14.7. The van der Waals surface area contributed by atoms with Crippen LogP contribution in [0.2, 0.25) is 5.02 Å². The molecule has 1 unspecified atom stereocenters. The van der Waals surface area contributed by atoms with Gasteiger partial charge in [-0.3, -0.25) is 4.79 Å². The Hall–Kier alpha value is -1.68. The van der Waals surface area contributed by atoms with Crippen molar-refractivity contribution in [1.82, 2.24) is 10.0 Å². The van der Waals surface area contributed by atoms with Gasteiger partial charge in [-0.15, -0.1) is 0 Å². The molecule has 1 aromatic carbocycles. The minimum atomic E-state index is -3.94. The summed E-state index contributed by atoms with van der Waals surface area (Å²) in [5.41, 5.74) is 0.00109. The van der Waals surface area contributed by atoms with Crippen LogP contribution in [0.25, 0.3) is 0 Å². The van der Waals surface area contributed by atoms with Gasteiger partial charge in [0.2, 0.25) is 10.0 Å². The zero-order valence-electron chi connectivity index (χ0n) is 17.6. The molecule has 1 heterocycles. The number of benzene rings is 1. The van der Waals surface area contributed by atoms with Gasteiger partial charge in [-0.25, -0.2) is 17.9 Å². The van der Waals surface area contributed by atoms with E-state index in [0.29, 0.717) is 12.5 Å². The molecule has 8 nitrogen and oxygen atoms in total. The first-order valence-electron chi connectivity index (χ1n) is 10.6. The van der Waals surface area contributed by atoms with Crippen molar-refractivity contribution >= 4 is 33.5 Å². The van der Waals surface area contributed by atoms with Crippen LogP contribution >= 0.6 is 11.6 Å². The Morgan fingerprint density at radius 3 is 2.61 bits per heavy atom. The number of hydrogen-bond donors (Lipinski definition) is 2. The van der Waals surface area contributed by atoms with Crippen LogP contribution in [0.15, 0.2) is 23.1 Å². The first kappa shape index (κ1) is 24.0. The number of sulfonamides is 1. The van der Waals surface area contributed by atoms with Gasteiger partial charge < -0.3 is 14.8 Å². The minimum absolute atomic E-state index is 0.00109. The van der Waals surface area contributed by atoms with Gasteiger partial charge in [-0.1, -0.05) is 18.5 Å². The Kier molecular flexibility index (Phi) is 8.32. The monoisotopic (exact) mass is 472 g/mol. The SMILES string of the molecule is CC1CCC(NC(=O)COC(=O)c2ccc(Cl)c(S(=O)(=O)NCC3CCCO3)c2)CC1. The Morgan fingerprint density at radius 1 is 1.19 bits per heavy atom. The molecule has 0 spiro atoms. The van der Waals surface area contributed by atoms with Gasteiger partial charge in [-0.05, 0) is 62.6 Å². The van der Waals surface area contributed by atoms with E-state index in [1.807, 2.05) is 0 Å². The van der Waals surface area contributed by atoms with Crippen LogP contribution in [0.4, 0.5) is 0 Å². The number of carbonyl (C=O) groups excluding carboxylic acids is 2. The van der Waals surface area contributed by atoms with Gasteiger partial charge in [0.1, 0.15) is 4.90 Å². The summed E-state index contributed by atoms with van der Waals surface area (Å²) in [5, 5.41) is 2.87. The average molecular weight is 473 g/mol. The highest BCUT2D eigenvalue weighted by molar-refractivity contribution is 7.89. The summed E-state index contributed by atoms with van der Waals surface area (Å²) < 4.78 is 38.2. The Balaban J connectivity index is 1.55. The van der Waals surface area contributed by atoms with Crippen molar-refractivity contribution in [3.05, 3.63) is 28.8 Å². The Labute approximate surface area is 188 Å². The predicted octanol–water partition coefficient (Wildman–Crippen LogP) is 2.65. The molecule has 2 fully saturated rings. The van der Waals surface area contributed by atoms with Crippen molar-refractivity contribution < 1.29 is 27.5 Å². The van der Waals surface area contributed by atoms with Crippen LogP contribution < -0.4 is 10.0 Å². The Morgan fingerprint density at radius 2 is 1.94 bits per heavy atom. The topological polar surface area (TPSA) is 111 Å². The lowest BCUT2D eigenvalue weighted by Crippen LogP contribution is -2.39. The molecule has 1 saturated heterocycles. The maximum absolute atomic E-state index is 12.6. The van der Waals surface area contributed by atoms with Crippen molar-refractivity contribution in [1.29, 1.82) is 0 Å². The van der Waals surface area contributed by atoms with E-state index in [1.165, 1.54) is 12.1 Å². The molecule has 0 aromatic heterocycles.